The first-order valence-electron chi connectivity index (χ1n) is 12.7. The van der Waals surface area contributed by atoms with Crippen LogP contribution in [0, 0.1) is 5.82 Å². The lowest BCUT2D eigenvalue weighted by molar-refractivity contribution is 0.415. The fraction of sp³-hybridized carbons (Fsp3) is 0.567. The van der Waals surface area contributed by atoms with Gasteiger partial charge >= 0.3 is 0 Å². The first kappa shape index (κ1) is 28.5. The van der Waals surface area contributed by atoms with Crippen LogP contribution in [-0.4, -0.2) is 18.4 Å². The van der Waals surface area contributed by atoms with Gasteiger partial charge in [-0.3, -0.25) is 4.99 Å². The number of halogens is 1. The van der Waals surface area contributed by atoms with E-state index in [4.69, 9.17) is 0 Å². The molecule has 0 aliphatic rings. The van der Waals surface area contributed by atoms with Gasteiger partial charge in [-0.1, -0.05) is 101 Å². The van der Waals surface area contributed by atoms with E-state index in [2.05, 4.69) is 72.5 Å². The molecule has 2 aromatic rings. The van der Waals surface area contributed by atoms with Crippen molar-refractivity contribution in [2.75, 3.05) is 7.05 Å². The molecule has 0 aliphatic carbocycles. The number of nitrogens with zero attached hydrogens (tertiary/aromatic N) is 1. The number of hydrogen-bond acceptors (Lipinski definition) is 2. The highest BCUT2D eigenvalue weighted by molar-refractivity contribution is 7.48. The van der Waals surface area contributed by atoms with E-state index in [1.54, 1.807) is 25.4 Å². The van der Waals surface area contributed by atoms with E-state index < -0.39 is 0 Å². The number of benzene rings is 2. The van der Waals surface area contributed by atoms with Gasteiger partial charge in [0.2, 0.25) is 0 Å². The second-order valence-corrected chi connectivity index (χ2v) is 13.3. The summed E-state index contributed by atoms with van der Waals surface area (Å²) in [6.45, 7) is 17.7. The number of hydrogen-bond donors (Lipinski definition) is 1. The van der Waals surface area contributed by atoms with Crippen LogP contribution in [0.4, 0.5) is 4.39 Å². The maximum atomic E-state index is 14.1. The maximum absolute atomic E-state index is 14.1. The molecule has 0 aromatic heterocycles. The van der Waals surface area contributed by atoms with Crippen LogP contribution in [0.25, 0.3) is 0 Å². The molecule has 0 amide bonds. The molecule has 34 heavy (non-hydrogen) atoms. The molecule has 0 saturated heterocycles. The number of rotatable bonds is 9. The highest BCUT2D eigenvalue weighted by Gasteiger charge is 2.37. The molecule has 4 heteroatoms. The Labute approximate surface area is 209 Å². The lowest BCUT2D eigenvalue weighted by Gasteiger charge is -2.38. The Morgan fingerprint density at radius 3 is 2.12 bits per heavy atom. The van der Waals surface area contributed by atoms with Crippen molar-refractivity contribution in [2.24, 2.45) is 4.99 Å². The van der Waals surface area contributed by atoms with Gasteiger partial charge in [0.05, 0.1) is 0 Å². The third-order valence-corrected chi connectivity index (χ3v) is 8.84. The van der Waals surface area contributed by atoms with Crippen molar-refractivity contribution in [3.05, 3.63) is 58.4 Å². The quantitative estimate of drug-likeness (QED) is 0.216. The normalized spacial score (nSPS) is 14.9. The third-order valence-electron chi connectivity index (χ3n) is 6.77. The molecular formula is C30H45FNOP. The third kappa shape index (κ3) is 6.69. The van der Waals surface area contributed by atoms with Gasteiger partial charge in [0, 0.05) is 29.5 Å². The number of phenolic OH excluding ortho intramolecular Hbond substituents is 1. The van der Waals surface area contributed by atoms with E-state index in [-0.39, 0.29) is 21.8 Å². The van der Waals surface area contributed by atoms with Gasteiger partial charge in [0.1, 0.15) is 11.6 Å². The van der Waals surface area contributed by atoms with Crippen molar-refractivity contribution in [3.8, 4) is 5.75 Å². The lowest BCUT2D eigenvalue weighted by atomic mass is 9.76. The van der Waals surface area contributed by atoms with E-state index in [0.29, 0.717) is 14.3 Å². The van der Waals surface area contributed by atoms with Gasteiger partial charge < -0.3 is 5.11 Å². The van der Waals surface area contributed by atoms with Crippen LogP contribution in [0.1, 0.15) is 110 Å². The van der Waals surface area contributed by atoms with Crippen LogP contribution in [-0.2, 0) is 16.0 Å². The van der Waals surface area contributed by atoms with Crippen molar-refractivity contribution in [1.29, 1.82) is 0 Å². The summed E-state index contributed by atoms with van der Waals surface area (Å²) in [6.07, 6.45) is 7.05. The van der Waals surface area contributed by atoms with Crippen molar-refractivity contribution < 1.29 is 9.50 Å². The van der Waals surface area contributed by atoms with Crippen LogP contribution in [0.2, 0.25) is 0 Å². The smallest absolute Gasteiger partial charge is 0.123 e. The predicted molar refractivity (Wildman–Crippen MR) is 149 cm³/mol. The molecule has 2 nitrogen and oxygen atoms in total. The predicted octanol–water partition coefficient (Wildman–Crippen LogP) is 8.36. The Morgan fingerprint density at radius 1 is 0.941 bits per heavy atom. The SMILES string of the molecule is CCCCCC(CC)(Pc1ccc(F)cc1/C=N/C)c1cc(C(C)(C)C)cc(C(C)(C)C)c1O. The van der Waals surface area contributed by atoms with Crippen molar-refractivity contribution in [1.82, 2.24) is 0 Å². The molecule has 0 saturated carbocycles. The van der Waals surface area contributed by atoms with E-state index in [1.807, 2.05) is 6.07 Å². The average molecular weight is 486 g/mol. The van der Waals surface area contributed by atoms with E-state index >= 15 is 0 Å². The van der Waals surface area contributed by atoms with Crippen LogP contribution in [0.3, 0.4) is 0 Å². The van der Waals surface area contributed by atoms with Crippen LogP contribution >= 0.6 is 8.58 Å². The number of aliphatic imine (C=N–C) groups is 1. The summed E-state index contributed by atoms with van der Waals surface area (Å²) in [5.74, 6) is 0.184. The molecule has 2 rings (SSSR count). The second-order valence-electron chi connectivity index (χ2n) is 11.6. The summed E-state index contributed by atoms with van der Waals surface area (Å²) in [6, 6.07) is 9.48. The van der Waals surface area contributed by atoms with Crippen LogP contribution in [0.15, 0.2) is 35.3 Å². The van der Waals surface area contributed by atoms with Gasteiger partial charge in [0.15, 0.2) is 0 Å². The largest absolute Gasteiger partial charge is 0.507 e. The first-order valence-corrected chi connectivity index (χ1v) is 13.7. The summed E-state index contributed by atoms with van der Waals surface area (Å²) in [7, 11) is 2.12. The number of unbranched alkanes of at least 4 members (excludes halogenated alkanes) is 2. The van der Waals surface area contributed by atoms with E-state index in [9.17, 15) is 9.50 Å². The Morgan fingerprint density at radius 2 is 1.59 bits per heavy atom. The fourth-order valence-corrected chi connectivity index (χ4v) is 6.32. The summed E-state index contributed by atoms with van der Waals surface area (Å²) in [4.78, 5) is 4.19. The molecule has 1 N–H and O–H groups in total. The first-order chi connectivity index (χ1) is 15.8. The maximum Gasteiger partial charge on any atom is 0.123 e. The van der Waals surface area contributed by atoms with Gasteiger partial charge in [-0.25, -0.2) is 4.39 Å². The molecule has 0 fully saturated rings. The second kappa shape index (κ2) is 11.3. The summed E-state index contributed by atoms with van der Waals surface area (Å²) >= 11 is 0. The minimum absolute atomic E-state index is 0.0373. The van der Waals surface area contributed by atoms with Gasteiger partial charge in [-0.05, 0) is 52.2 Å². The molecule has 2 aromatic carbocycles. The minimum Gasteiger partial charge on any atom is -0.507 e. The zero-order valence-corrected chi connectivity index (χ0v) is 23.8. The highest BCUT2D eigenvalue weighted by atomic mass is 31.1. The van der Waals surface area contributed by atoms with Crippen molar-refractivity contribution in [2.45, 2.75) is 103 Å². The van der Waals surface area contributed by atoms with Gasteiger partial charge in [-0.15, -0.1) is 0 Å². The Bertz CT molecular complexity index is 1000. The molecule has 0 spiro atoms. The number of phenols is 1. The lowest BCUT2D eigenvalue weighted by Crippen LogP contribution is -2.27. The van der Waals surface area contributed by atoms with Crippen LogP contribution < -0.4 is 5.30 Å². The number of aromatic hydroxyl groups is 1. The summed E-state index contributed by atoms with van der Waals surface area (Å²) in [5.41, 5.74) is 3.91. The van der Waals surface area contributed by atoms with Gasteiger partial charge in [-0.2, -0.15) is 0 Å². The monoisotopic (exact) mass is 485 g/mol. The molecule has 2 atom stereocenters. The van der Waals surface area contributed by atoms with Crippen molar-refractivity contribution >= 4 is 20.1 Å². The zero-order valence-electron chi connectivity index (χ0n) is 22.8. The summed E-state index contributed by atoms with van der Waals surface area (Å²) < 4.78 is 14.1. The van der Waals surface area contributed by atoms with Gasteiger partial charge in [0.25, 0.3) is 0 Å². The molecule has 0 radical (unpaired) electrons. The molecule has 0 heterocycles. The summed E-state index contributed by atoms with van der Waals surface area (Å²) in [5, 5.41) is 12.6. The van der Waals surface area contributed by atoms with Crippen LogP contribution in [0.5, 0.6) is 5.75 Å². The molecular weight excluding hydrogens is 440 g/mol. The zero-order chi connectivity index (χ0) is 25.7. The Balaban J connectivity index is 2.83. The van der Waals surface area contributed by atoms with Crippen molar-refractivity contribution in [3.63, 3.8) is 0 Å². The molecule has 0 bridgehead atoms. The highest BCUT2D eigenvalue weighted by Crippen LogP contribution is 2.53. The molecule has 0 aliphatic heterocycles. The Kier molecular flexibility index (Phi) is 9.51. The topological polar surface area (TPSA) is 32.6 Å². The van der Waals surface area contributed by atoms with E-state index in [1.165, 1.54) is 5.56 Å². The standard InChI is InChI=1S/C30H45FNOP/c1-10-12-13-16-30(11-2,34-26-15-14-23(31)17-21(26)20-32-9)25-19-22(28(3,4)5)18-24(27(25)33)29(6,7)8/h14-15,17-20,33-34H,10-13,16H2,1-9H3/b32-20+. The fourth-order valence-electron chi connectivity index (χ4n) is 4.55. The Hall–Kier alpha value is -1.73. The minimum atomic E-state index is -0.246. The average Bonchev–Trinajstić information content (AvgIpc) is 2.73. The molecule has 2 unspecified atom stereocenters. The van der Waals surface area contributed by atoms with E-state index in [0.717, 1.165) is 54.1 Å². The molecule has 188 valence electrons.